The molecule has 5 heterocycles. The highest BCUT2D eigenvalue weighted by atomic mass is 35.5. The monoisotopic (exact) mass is 1250 g/mol. The van der Waals surface area contributed by atoms with E-state index in [1.54, 1.807) is 0 Å². The number of fused-ring (bicyclic) bond motifs is 8. The van der Waals surface area contributed by atoms with Crippen LogP contribution in [0.5, 0.6) is 0 Å². The van der Waals surface area contributed by atoms with E-state index in [2.05, 4.69) is 0 Å². The summed E-state index contributed by atoms with van der Waals surface area (Å²) >= 11 is 52.3. The Morgan fingerprint density at radius 2 is 0.263 bits per heavy atom. The quantitative estimate of drug-likeness (QED) is 0.0587. The van der Waals surface area contributed by atoms with Gasteiger partial charge in [-0.2, -0.15) is 87.8 Å². The van der Waals surface area contributed by atoms with Gasteiger partial charge in [0.05, 0.1) is 0 Å². The number of H-pyrrole nitrogens is 4. The third-order valence-electron chi connectivity index (χ3n) is 11.4. The summed E-state index contributed by atoms with van der Waals surface area (Å²) in [7, 11) is 0. The van der Waals surface area contributed by atoms with E-state index in [1.165, 1.54) is 0 Å². The summed E-state index contributed by atoms with van der Waals surface area (Å²) in [5.74, 6) is -63.4. The third kappa shape index (κ3) is 7.58. The maximum Gasteiger partial charge on any atom is 0.239 e. The lowest BCUT2D eigenvalue weighted by atomic mass is 9.90. The number of benzene rings is 4. The zero-order valence-electron chi connectivity index (χ0n) is 34.6. The molecule has 8 bridgehead atoms. The molecule has 4 aromatic heterocycles. The Morgan fingerprint density at radius 3 is 0.368 bits per heavy atom. The van der Waals surface area contributed by atoms with Gasteiger partial charge in [-0.1, -0.05) is 0 Å². The van der Waals surface area contributed by atoms with Crippen molar-refractivity contribution < 1.29 is 87.8 Å². The Kier molecular flexibility index (Phi) is 13.9. The van der Waals surface area contributed by atoms with Crippen LogP contribution in [0.4, 0.5) is 87.8 Å². The van der Waals surface area contributed by atoms with E-state index in [4.69, 9.17) is 92.8 Å². The molecule has 0 saturated heterocycles. The lowest BCUT2D eigenvalue weighted by Crippen LogP contribution is -2.19. The summed E-state index contributed by atoms with van der Waals surface area (Å²) < 4.78 is 311. The molecule has 76 heavy (non-hydrogen) atoms. The van der Waals surface area contributed by atoms with Crippen LogP contribution < -0.4 is 0 Å². The molecule has 0 atom stereocenters. The van der Waals surface area contributed by atoms with Gasteiger partial charge in [0, 0.05) is 0 Å². The second kappa shape index (κ2) is 19.1. The smallest absolute Gasteiger partial charge is 0.239 e. The summed E-state index contributed by atoms with van der Waals surface area (Å²) in [4.78, 5) is 8.04. The Labute approximate surface area is 446 Å². The van der Waals surface area contributed by atoms with E-state index in [1.807, 2.05) is 19.9 Å². The van der Waals surface area contributed by atoms with Gasteiger partial charge >= 0.3 is 0 Å². The fourth-order valence-corrected chi connectivity index (χ4v) is 9.88. The molecule has 0 amide bonds. The average Bonchev–Trinajstić information content (AvgIpc) is 4.06. The van der Waals surface area contributed by atoms with Crippen LogP contribution in [-0.4, -0.2) is 19.9 Å². The van der Waals surface area contributed by atoms with Crippen molar-refractivity contribution in [2.24, 2.45) is 0 Å². The second-order valence-corrected chi connectivity index (χ2v) is 18.3. The van der Waals surface area contributed by atoms with Gasteiger partial charge in [0.1, 0.15) is 69.2 Å². The molecule has 1 aliphatic rings. The van der Waals surface area contributed by atoms with Crippen molar-refractivity contribution in [2.45, 2.75) is 0 Å². The number of aromatic amines is 4. The number of nitrogens with one attached hydrogen (secondary N) is 4. The first kappa shape index (κ1) is 55.2. The summed E-state index contributed by atoms with van der Waals surface area (Å²) in [6, 6.07) is 0. The maximum atomic E-state index is 16.2. The van der Waals surface area contributed by atoms with Gasteiger partial charge in [-0.15, -0.1) is 0 Å². The molecule has 0 aliphatic carbocycles. The van der Waals surface area contributed by atoms with Crippen LogP contribution in [-0.2, 0) is 0 Å². The van der Waals surface area contributed by atoms with Crippen molar-refractivity contribution >= 4 is 92.8 Å². The van der Waals surface area contributed by atoms with E-state index >= 15 is 70.2 Å². The zero-order valence-corrected chi connectivity index (χ0v) is 40.6. The Hall–Kier alpha value is -5.60. The number of hydrogen-bond acceptors (Lipinski definition) is 0. The van der Waals surface area contributed by atoms with Crippen molar-refractivity contribution in [3.63, 3.8) is 0 Å². The first-order valence-electron chi connectivity index (χ1n) is 19.3. The Bertz CT molecular complexity index is 3180. The second-order valence-electron chi connectivity index (χ2n) is 15.3. The van der Waals surface area contributed by atoms with Crippen molar-refractivity contribution in [1.82, 2.24) is 19.9 Å². The molecule has 4 N–H and O–H groups in total. The summed E-state index contributed by atoms with van der Waals surface area (Å²) in [6.07, 6.45) is 0. The number of aromatic nitrogens is 4. The molecule has 0 spiro atoms. The first-order valence-corrected chi connectivity index (χ1v) is 22.3. The maximum absolute atomic E-state index is 16.2. The van der Waals surface area contributed by atoms with Crippen LogP contribution >= 0.6 is 92.8 Å². The number of halogens is 28. The largest absolute Gasteiger partial charge is 0.324 e. The van der Waals surface area contributed by atoms with E-state index in [-0.39, 0.29) is 0 Å². The predicted octanol–water partition coefficient (Wildman–Crippen LogP) is 17.4. The van der Waals surface area contributed by atoms with Gasteiger partial charge in [0.2, 0.25) is 116 Å². The average molecular weight is 1250 g/mol. The van der Waals surface area contributed by atoms with E-state index in [9.17, 15) is 17.6 Å². The van der Waals surface area contributed by atoms with E-state index in [0.29, 0.717) is 0 Å². The van der Waals surface area contributed by atoms with Gasteiger partial charge in [-0.05, 0) is 92.8 Å². The molecule has 392 valence electrons. The van der Waals surface area contributed by atoms with Crippen LogP contribution in [0.3, 0.4) is 0 Å². The predicted molar refractivity (Wildman–Crippen MR) is 230 cm³/mol. The molecule has 9 rings (SSSR count). The fourth-order valence-electron chi connectivity index (χ4n) is 7.99. The van der Waals surface area contributed by atoms with Crippen molar-refractivity contribution in [2.75, 3.05) is 0 Å². The Morgan fingerprint density at radius 1 is 0.171 bits per heavy atom. The Balaban J connectivity index is 1.56. The van der Waals surface area contributed by atoms with Gasteiger partial charge in [-0.3, -0.25) is 0 Å². The van der Waals surface area contributed by atoms with Gasteiger partial charge in [-0.25, -0.2) is 0 Å². The van der Waals surface area contributed by atoms with Crippen molar-refractivity contribution in [3.8, 4) is 0 Å². The molecule has 0 saturated carbocycles. The standard InChI is InChI=1S/C44H4Cl8F20N4/c45-9-11(47)39-6(2-19(55)27(63)34(70)28(64)20(2)56)41-13(49)15(51)43(75-41)8(4-23(59)31(67)36(72)32(68)24(4)60)44-16(52)14(50)42(76-44)7(3-21(57)29(65)35(71)30(66)22(3)58)40-12(48)10(46)38(74-40)5(37(9)73-39)1-17(53)25(61)33(69)26(62)18(1)54/h73-76H/q+4. The number of rotatable bonds is 4. The van der Waals surface area contributed by atoms with Crippen LogP contribution in [0.2, 0.25) is 40.2 Å². The molecular weight excluding hydrogens is 1250 g/mol. The SMILES string of the molecule is Fc1c(F)c(F)c([C+]2c3[nH]c(c(Cl)c3Cl)[C+](c3c(F)c(F)c(F)c(F)c3F)c3[nH]c(c(Cl)c3Cl)[C+](c3c(F)c(F)c(F)c(F)c3F)c3[nH]c(c(Cl)c3Cl)[C+](c3c(F)c(F)c(F)c(F)c3F)c3[nH]c2c(Cl)c3Cl)c(F)c1F. The molecule has 32 heteroatoms. The fraction of sp³-hybridized carbons (Fsp3) is 0. The minimum absolute atomic E-state index is 1.38. The van der Waals surface area contributed by atoms with Crippen LogP contribution in [0.15, 0.2) is 0 Å². The minimum atomic E-state index is -2.87. The van der Waals surface area contributed by atoms with Gasteiger partial charge in [0.25, 0.3) is 0 Å². The lowest BCUT2D eigenvalue weighted by Gasteiger charge is -2.15. The molecule has 0 fully saturated rings. The van der Waals surface area contributed by atoms with Crippen molar-refractivity contribution in [1.29, 1.82) is 0 Å². The summed E-state index contributed by atoms with van der Waals surface area (Å²) in [5, 5.41) is -11.0. The van der Waals surface area contributed by atoms with E-state index in [0.717, 1.165) is 0 Å². The van der Waals surface area contributed by atoms with Crippen LogP contribution in [0, 0.1) is 140 Å². The first-order chi connectivity index (χ1) is 35.4. The lowest BCUT2D eigenvalue weighted by molar-refractivity contribution is 0.373. The zero-order chi connectivity index (χ0) is 56.2. The summed E-state index contributed by atoms with van der Waals surface area (Å²) in [5.41, 5.74) is -20.4. The van der Waals surface area contributed by atoms with Gasteiger partial charge < -0.3 is 19.9 Å². The van der Waals surface area contributed by atoms with E-state index < -0.39 is 248 Å². The minimum Gasteiger partial charge on any atom is -0.324 e. The van der Waals surface area contributed by atoms with Crippen LogP contribution in [0.25, 0.3) is 0 Å². The highest BCUT2D eigenvalue weighted by Gasteiger charge is 2.54. The van der Waals surface area contributed by atoms with Gasteiger partial charge in [0.15, 0.2) is 62.4 Å². The molecular formula is C44H4Cl8F20N4+4. The normalized spacial score (nSPS) is 12.9. The van der Waals surface area contributed by atoms with Crippen molar-refractivity contribution in [3.05, 3.63) is 248 Å². The van der Waals surface area contributed by atoms with Crippen LogP contribution in [0.1, 0.15) is 67.8 Å². The topological polar surface area (TPSA) is 63.2 Å². The summed E-state index contributed by atoms with van der Waals surface area (Å²) in [6.45, 7) is 0. The third-order valence-corrected chi connectivity index (χ3v) is 14.8. The molecule has 8 aromatic rings. The molecule has 4 aromatic carbocycles. The molecule has 1 aliphatic heterocycles. The molecule has 0 radical (unpaired) electrons. The molecule has 0 unspecified atom stereocenters. The molecule has 4 nitrogen and oxygen atoms in total. The highest BCUT2D eigenvalue weighted by molar-refractivity contribution is 6.46. The highest BCUT2D eigenvalue weighted by Crippen LogP contribution is 2.55. The number of hydrogen-bond donors (Lipinski definition) is 4.